The van der Waals surface area contributed by atoms with Crippen molar-refractivity contribution in [3.63, 3.8) is 0 Å². The fourth-order valence-corrected chi connectivity index (χ4v) is 1.99. The zero-order valence-electron chi connectivity index (χ0n) is 10.2. The first-order valence-corrected chi connectivity index (χ1v) is 5.96. The van der Waals surface area contributed by atoms with Crippen molar-refractivity contribution in [2.24, 2.45) is 0 Å². The molecule has 0 aliphatic heterocycles. The van der Waals surface area contributed by atoms with Crippen molar-refractivity contribution in [3.05, 3.63) is 59.0 Å². The summed E-state index contributed by atoms with van der Waals surface area (Å²) in [7, 11) is 0. The number of benzene rings is 1. The molecule has 0 bridgehead atoms. The number of carbonyl (C=O) groups excluding carboxylic acids is 1. The minimum atomic E-state index is -0.0487. The van der Waals surface area contributed by atoms with E-state index < -0.39 is 0 Å². The van der Waals surface area contributed by atoms with Crippen LogP contribution in [0.3, 0.4) is 0 Å². The Labute approximate surface area is 101 Å². The Kier molecular flexibility index (Phi) is 3.43. The SMILES string of the molecule is CCc1ccc(C(=O)c2ccco2)cc1CC. The van der Waals surface area contributed by atoms with Crippen molar-refractivity contribution >= 4 is 5.78 Å². The molecule has 0 saturated heterocycles. The summed E-state index contributed by atoms with van der Waals surface area (Å²) in [5.41, 5.74) is 3.25. The van der Waals surface area contributed by atoms with Crippen LogP contribution in [-0.2, 0) is 12.8 Å². The summed E-state index contributed by atoms with van der Waals surface area (Å²) in [5, 5.41) is 0. The van der Waals surface area contributed by atoms with Crippen LogP contribution in [0.4, 0.5) is 0 Å². The van der Waals surface area contributed by atoms with E-state index in [4.69, 9.17) is 4.42 Å². The highest BCUT2D eigenvalue weighted by Crippen LogP contribution is 2.17. The van der Waals surface area contributed by atoms with E-state index in [0.29, 0.717) is 11.3 Å². The lowest BCUT2D eigenvalue weighted by Gasteiger charge is -2.07. The molecule has 0 atom stereocenters. The molecule has 0 amide bonds. The largest absolute Gasteiger partial charge is 0.461 e. The normalized spacial score (nSPS) is 10.5. The number of hydrogen-bond donors (Lipinski definition) is 0. The summed E-state index contributed by atoms with van der Waals surface area (Å²) in [6.07, 6.45) is 3.47. The second-order valence-electron chi connectivity index (χ2n) is 4.00. The fourth-order valence-electron chi connectivity index (χ4n) is 1.99. The van der Waals surface area contributed by atoms with Gasteiger partial charge < -0.3 is 4.42 Å². The molecule has 0 unspecified atom stereocenters. The molecule has 0 aliphatic carbocycles. The molecule has 1 aromatic heterocycles. The highest BCUT2D eigenvalue weighted by Gasteiger charge is 2.12. The molecular weight excluding hydrogens is 212 g/mol. The van der Waals surface area contributed by atoms with Gasteiger partial charge in [0, 0.05) is 5.56 Å². The van der Waals surface area contributed by atoms with E-state index in [2.05, 4.69) is 13.8 Å². The van der Waals surface area contributed by atoms with E-state index in [-0.39, 0.29) is 5.78 Å². The Balaban J connectivity index is 2.37. The average Bonchev–Trinajstić information content (AvgIpc) is 2.90. The highest BCUT2D eigenvalue weighted by atomic mass is 16.3. The third-order valence-electron chi connectivity index (χ3n) is 2.98. The van der Waals surface area contributed by atoms with E-state index in [9.17, 15) is 4.79 Å². The maximum Gasteiger partial charge on any atom is 0.228 e. The van der Waals surface area contributed by atoms with Crippen molar-refractivity contribution in [2.75, 3.05) is 0 Å². The summed E-state index contributed by atoms with van der Waals surface area (Å²) in [6, 6.07) is 9.32. The molecule has 0 N–H and O–H groups in total. The van der Waals surface area contributed by atoms with E-state index in [1.54, 1.807) is 12.1 Å². The standard InChI is InChI=1S/C15H16O2/c1-3-11-7-8-13(10-12(11)4-2)15(16)14-6-5-9-17-14/h5-10H,3-4H2,1-2H3. The quantitative estimate of drug-likeness (QED) is 0.748. The number of aryl methyl sites for hydroxylation is 2. The highest BCUT2D eigenvalue weighted by molar-refractivity contribution is 6.07. The van der Waals surface area contributed by atoms with Gasteiger partial charge in [-0.15, -0.1) is 0 Å². The zero-order valence-corrected chi connectivity index (χ0v) is 10.2. The number of rotatable bonds is 4. The lowest BCUT2D eigenvalue weighted by molar-refractivity contribution is 0.101. The fraction of sp³-hybridized carbons (Fsp3) is 0.267. The van der Waals surface area contributed by atoms with Crippen LogP contribution in [0.1, 0.15) is 41.1 Å². The summed E-state index contributed by atoms with van der Waals surface area (Å²) in [5.74, 6) is 0.351. The molecule has 0 radical (unpaired) electrons. The maximum absolute atomic E-state index is 12.1. The Morgan fingerprint density at radius 2 is 1.88 bits per heavy atom. The van der Waals surface area contributed by atoms with Gasteiger partial charge in [0.25, 0.3) is 0 Å². The van der Waals surface area contributed by atoms with Crippen molar-refractivity contribution in [1.82, 2.24) is 0 Å². The molecule has 2 nitrogen and oxygen atoms in total. The van der Waals surface area contributed by atoms with Gasteiger partial charge in [0.15, 0.2) is 5.76 Å². The van der Waals surface area contributed by atoms with Gasteiger partial charge in [-0.3, -0.25) is 4.79 Å². The molecular formula is C15H16O2. The predicted octanol–water partition coefficient (Wildman–Crippen LogP) is 3.64. The molecule has 0 saturated carbocycles. The molecule has 0 aliphatic rings. The van der Waals surface area contributed by atoms with Crippen LogP contribution < -0.4 is 0 Å². The lowest BCUT2D eigenvalue weighted by Crippen LogP contribution is -2.02. The third-order valence-corrected chi connectivity index (χ3v) is 2.98. The van der Waals surface area contributed by atoms with Gasteiger partial charge in [-0.25, -0.2) is 0 Å². The number of carbonyl (C=O) groups is 1. The van der Waals surface area contributed by atoms with Crippen LogP contribution in [0.5, 0.6) is 0 Å². The topological polar surface area (TPSA) is 30.2 Å². The van der Waals surface area contributed by atoms with Crippen LogP contribution in [0.15, 0.2) is 41.0 Å². The minimum Gasteiger partial charge on any atom is -0.461 e. The van der Waals surface area contributed by atoms with Gasteiger partial charge >= 0.3 is 0 Å². The van der Waals surface area contributed by atoms with Gasteiger partial charge in [-0.05, 0) is 42.2 Å². The summed E-state index contributed by atoms with van der Waals surface area (Å²) < 4.78 is 5.13. The van der Waals surface area contributed by atoms with Crippen LogP contribution in [-0.4, -0.2) is 5.78 Å². The molecule has 2 heteroatoms. The van der Waals surface area contributed by atoms with E-state index in [1.807, 2.05) is 18.2 Å². The van der Waals surface area contributed by atoms with E-state index >= 15 is 0 Å². The molecule has 0 fully saturated rings. The monoisotopic (exact) mass is 228 g/mol. The van der Waals surface area contributed by atoms with Gasteiger partial charge in [0.2, 0.25) is 5.78 Å². The molecule has 2 aromatic rings. The summed E-state index contributed by atoms with van der Waals surface area (Å²) >= 11 is 0. The molecule has 1 aromatic carbocycles. The lowest BCUT2D eigenvalue weighted by atomic mass is 9.98. The van der Waals surface area contributed by atoms with Crippen molar-refractivity contribution in [1.29, 1.82) is 0 Å². The maximum atomic E-state index is 12.1. The number of ketones is 1. The molecule has 88 valence electrons. The number of furan rings is 1. The molecule has 1 heterocycles. The first-order valence-electron chi connectivity index (χ1n) is 5.96. The Morgan fingerprint density at radius 1 is 1.12 bits per heavy atom. The third kappa shape index (κ3) is 2.31. The van der Waals surface area contributed by atoms with Gasteiger partial charge in [-0.1, -0.05) is 26.0 Å². The Hall–Kier alpha value is -1.83. The van der Waals surface area contributed by atoms with Gasteiger partial charge in [0.1, 0.15) is 0 Å². The Morgan fingerprint density at radius 3 is 2.47 bits per heavy atom. The molecule has 0 spiro atoms. The molecule has 2 rings (SSSR count). The molecule has 17 heavy (non-hydrogen) atoms. The minimum absolute atomic E-state index is 0.0487. The average molecular weight is 228 g/mol. The van der Waals surface area contributed by atoms with Gasteiger partial charge in [0.05, 0.1) is 6.26 Å². The summed E-state index contributed by atoms with van der Waals surface area (Å²) in [6.45, 7) is 4.23. The van der Waals surface area contributed by atoms with Gasteiger partial charge in [-0.2, -0.15) is 0 Å². The van der Waals surface area contributed by atoms with Crippen LogP contribution in [0.2, 0.25) is 0 Å². The predicted molar refractivity (Wildman–Crippen MR) is 67.3 cm³/mol. The first kappa shape index (κ1) is 11.6. The van der Waals surface area contributed by atoms with Crippen molar-refractivity contribution < 1.29 is 9.21 Å². The second-order valence-corrected chi connectivity index (χ2v) is 4.00. The summed E-state index contributed by atoms with van der Waals surface area (Å²) in [4.78, 5) is 12.1. The van der Waals surface area contributed by atoms with Crippen molar-refractivity contribution in [3.8, 4) is 0 Å². The second kappa shape index (κ2) is 5.00. The van der Waals surface area contributed by atoms with E-state index in [1.165, 1.54) is 17.4 Å². The first-order chi connectivity index (χ1) is 8.26. The van der Waals surface area contributed by atoms with Crippen LogP contribution in [0, 0.1) is 0 Å². The smallest absolute Gasteiger partial charge is 0.228 e. The number of hydrogen-bond acceptors (Lipinski definition) is 2. The van der Waals surface area contributed by atoms with E-state index in [0.717, 1.165) is 12.8 Å². The van der Waals surface area contributed by atoms with Crippen LogP contribution >= 0.6 is 0 Å². The van der Waals surface area contributed by atoms with Crippen molar-refractivity contribution in [2.45, 2.75) is 26.7 Å². The zero-order chi connectivity index (χ0) is 12.3. The Bertz CT molecular complexity index is 510. The van der Waals surface area contributed by atoms with Crippen LogP contribution in [0.25, 0.3) is 0 Å².